The summed E-state index contributed by atoms with van der Waals surface area (Å²) in [5, 5.41) is 3.14. The van der Waals surface area contributed by atoms with E-state index in [4.69, 9.17) is 17.3 Å². The zero-order valence-corrected chi connectivity index (χ0v) is 12.7. The van der Waals surface area contributed by atoms with Gasteiger partial charge in [0.25, 0.3) is 0 Å². The van der Waals surface area contributed by atoms with E-state index in [2.05, 4.69) is 31.1 Å². The number of carbonyl (C=O) groups excluding carboxylic acids is 1. The van der Waals surface area contributed by atoms with E-state index in [0.29, 0.717) is 17.4 Å². The first-order chi connectivity index (χ1) is 8.74. The topological polar surface area (TPSA) is 68.0 Å². The van der Waals surface area contributed by atoms with Gasteiger partial charge < -0.3 is 11.1 Å². The average Bonchev–Trinajstić information content (AvgIpc) is 2.29. The Morgan fingerprint density at radius 1 is 1.53 bits per heavy atom. The van der Waals surface area contributed by atoms with E-state index in [1.165, 1.54) is 0 Å². The first kappa shape index (κ1) is 15.9. The fourth-order valence-corrected chi connectivity index (χ4v) is 2.18. The number of carbonyl (C=O) groups is 1. The minimum Gasteiger partial charge on any atom is -0.330 e. The molecule has 1 unspecified atom stereocenters. The summed E-state index contributed by atoms with van der Waals surface area (Å²) in [6, 6.07) is 1.81. The van der Waals surface area contributed by atoms with Crippen LogP contribution in [-0.2, 0) is 4.79 Å². The predicted molar refractivity (Wildman–Crippen MR) is 79.2 cm³/mol. The zero-order chi connectivity index (χ0) is 14.6. The molecular formula is C14H22ClN3O. The van der Waals surface area contributed by atoms with Gasteiger partial charge in [-0.25, -0.2) is 4.98 Å². The Kier molecular flexibility index (Phi) is 5.32. The molecular weight excluding hydrogens is 262 g/mol. The van der Waals surface area contributed by atoms with Crippen molar-refractivity contribution in [3.05, 3.63) is 23.0 Å². The summed E-state index contributed by atoms with van der Waals surface area (Å²) in [6.07, 6.45) is 2.34. The lowest BCUT2D eigenvalue weighted by atomic mass is 9.84. The summed E-state index contributed by atoms with van der Waals surface area (Å²) in [7, 11) is 0. The number of aryl methyl sites for hydroxylation is 1. The number of hydrogen-bond acceptors (Lipinski definition) is 3. The summed E-state index contributed by atoms with van der Waals surface area (Å²) in [6.45, 7) is 8.46. The number of nitrogens with two attached hydrogens (primary N) is 1. The van der Waals surface area contributed by atoms with Gasteiger partial charge in [-0.2, -0.15) is 0 Å². The largest absolute Gasteiger partial charge is 0.330 e. The molecule has 0 spiro atoms. The summed E-state index contributed by atoms with van der Waals surface area (Å²) in [4.78, 5) is 16.2. The molecule has 5 heteroatoms. The number of aromatic nitrogens is 1. The molecule has 0 aromatic carbocycles. The van der Waals surface area contributed by atoms with Crippen molar-refractivity contribution in [2.24, 2.45) is 17.1 Å². The molecule has 0 aliphatic carbocycles. The van der Waals surface area contributed by atoms with Crippen molar-refractivity contribution in [1.82, 2.24) is 4.98 Å². The quantitative estimate of drug-likeness (QED) is 0.835. The van der Waals surface area contributed by atoms with E-state index in [9.17, 15) is 4.79 Å². The van der Waals surface area contributed by atoms with Crippen molar-refractivity contribution in [1.29, 1.82) is 0 Å². The van der Waals surface area contributed by atoms with Gasteiger partial charge in [-0.3, -0.25) is 4.79 Å². The van der Waals surface area contributed by atoms with Gasteiger partial charge in [-0.05, 0) is 30.4 Å². The molecule has 0 bridgehead atoms. The smallest absolute Gasteiger partial charge is 0.228 e. The third kappa shape index (κ3) is 4.80. The predicted octanol–water partition coefficient (Wildman–Crippen LogP) is 2.99. The van der Waals surface area contributed by atoms with Gasteiger partial charge in [0, 0.05) is 12.7 Å². The lowest BCUT2D eigenvalue weighted by Crippen LogP contribution is -2.32. The highest BCUT2D eigenvalue weighted by Crippen LogP contribution is 2.27. The highest BCUT2D eigenvalue weighted by molar-refractivity contribution is 6.32. The highest BCUT2D eigenvalue weighted by atomic mass is 35.5. The van der Waals surface area contributed by atoms with Crippen molar-refractivity contribution in [2.75, 3.05) is 11.9 Å². The summed E-state index contributed by atoms with van der Waals surface area (Å²) in [5.74, 6) is -0.328. The van der Waals surface area contributed by atoms with E-state index < -0.39 is 0 Å². The molecule has 1 aromatic rings. The number of nitrogens with zero attached hydrogens (tertiary/aromatic N) is 1. The van der Waals surface area contributed by atoms with E-state index in [1.807, 2.05) is 13.0 Å². The lowest BCUT2D eigenvalue weighted by molar-refractivity contribution is -0.120. The van der Waals surface area contributed by atoms with Gasteiger partial charge in [0.05, 0.1) is 11.6 Å². The molecule has 1 atom stereocenters. The molecule has 0 saturated carbocycles. The number of pyridine rings is 1. The second kappa shape index (κ2) is 6.35. The fraction of sp³-hybridized carbons (Fsp3) is 0.571. The van der Waals surface area contributed by atoms with Crippen LogP contribution in [0, 0.1) is 18.3 Å². The number of amides is 1. The molecule has 3 N–H and O–H groups in total. The van der Waals surface area contributed by atoms with Gasteiger partial charge >= 0.3 is 0 Å². The Bertz CT molecular complexity index is 434. The molecule has 106 valence electrons. The van der Waals surface area contributed by atoms with Crippen molar-refractivity contribution >= 4 is 23.2 Å². The Morgan fingerprint density at radius 2 is 2.16 bits per heavy atom. The molecule has 19 heavy (non-hydrogen) atoms. The van der Waals surface area contributed by atoms with Crippen molar-refractivity contribution in [3.63, 3.8) is 0 Å². The lowest BCUT2D eigenvalue weighted by Gasteiger charge is -2.24. The average molecular weight is 284 g/mol. The molecule has 0 aliphatic heterocycles. The van der Waals surface area contributed by atoms with Gasteiger partial charge in [0.2, 0.25) is 5.91 Å². The monoisotopic (exact) mass is 283 g/mol. The van der Waals surface area contributed by atoms with Crippen LogP contribution in [0.15, 0.2) is 12.3 Å². The molecule has 1 heterocycles. The van der Waals surface area contributed by atoms with E-state index in [-0.39, 0.29) is 17.2 Å². The van der Waals surface area contributed by atoms with Crippen LogP contribution in [0.4, 0.5) is 5.69 Å². The second-order valence-corrected chi connectivity index (χ2v) is 6.34. The maximum Gasteiger partial charge on any atom is 0.228 e. The molecule has 0 radical (unpaired) electrons. The van der Waals surface area contributed by atoms with Crippen LogP contribution in [0.3, 0.4) is 0 Å². The van der Waals surface area contributed by atoms with Gasteiger partial charge in [-0.1, -0.05) is 32.4 Å². The van der Waals surface area contributed by atoms with Crippen LogP contribution >= 0.6 is 11.6 Å². The number of halogens is 1. The number of rotatable bonds is 4. The third-order valence-corrected chi connectivity index (χ3v) is 3.16. The van der Waals surface area contributed by atoms with Crippen molar-refractivity contribution in [3.8, 4) is 0 Å². The highest BCUT2D eigenvalue weighted by Gasteiger charge is 2.24. The van der Waals surface area contributed by atoms with E-state index in [1.54, 1.807) is 6.20 Å². The van der Waals surface area contributed by atoms with Gasteiger partial charge in [-0.15, -0.1) is 0 Å². The minimum atomic E-state index is -0.226. The molecule has 1 aromatic heterocycles. The Morgan fingerprint density at radius 3 is 2.63 bits per heavy atom. The summed E-state index contributed by atoms with van der Waals surface area (Å²) >= 11 is 6.00. The molecule has 1 rings (SSSR count). The van der Waals surface area contributed by atoms with Gasteiger partial charge in [0.1, 0.15) is 0 Å². The molecule has 1 amide bonds. The molecule has 4 nitrogen and oxygen atoms in total. The summed E-state index contributed by atoms with van der Waals surface area (Å²) in [5.41, 5.74) is 7.21. The van der Waals surface area contributed by atoms with Gasteiger partial charge in [0.15, 0.2) is 5.15 Å². The Hall–Kier alpha value is -1.13. The summed E-state index contributed by atoms with van der Waals surface area (Å²) < 4.78 is 0. The van der Waals surface area contributed by atoms with Crippen LogP contribution in [0.1, 0.15) is 32.8 Å². The van der Waals surface area contributed by atoms with E-state index >= 15 is 0 Å². The number of anilines is 1. The molecule has 0 fully saturated rings. The number of nitrogens with one attached hydrogen (secondary N) is 1. The van der Waals surface area contributed by atoms with Crippen LogP contribution < -0.4 is 11.1 Å². The van der Waals surface area contributed by atoms with Crippen molar-refractivity contribution < 1.29 is 4.79 Å². The third-order valence-electron chi connectivity index (χ3n) is 2.88. The Balaban J connectivity index is 2.83. The van der Waals surface area contributed by atoms with Crippen LogP contribution in [0.25, 0.3) is 0 Å². The van der Waals surface area contributed by atoms with Crippen LogP contribution in [0.5, 0.6) is 0 Å². The fourth-order valence-electron chi connectivity index (χ4n) is 1.92. The molecule has 0 aliphatic rings. The van der Waals surface area contributed by atoms with Crippen LogP contribution in [0.2, 0.25) is 5.15 Å². The van der Waals surface area contributed by atoms with Crippen LogP contribution in [-0.4, -0.2) is 17.4 Å². The molecule has 0 saturated heterocycles. The van der Waals surface area contributed by atoms with E-state index in [0.717, 1.165) is 12.0 Å². The normalized spacial score (nSPS) is 13.2. The number of hydrogen-bond donors (Lipinski definition) is 2. The first-order valence-corrected chi connectivity index (χ1v) is 6.74. The second-order valence-electron chi connectivity index (χ2n) is 5.98. The minimum absolute atomic E-state index is 0.0507. The Labute approximate surface area is 119 Å². The zero-order valence-electron chi connectivity index (χ0n) is 12.0. The SMILES string of the molecule is Cc1ccnc(Cl)c1NC(=O)C(CN)CC(C)(C)C. The first-order valence-electron chi connectivity index (χ1n) is 6.36. The standard InChI is InChI=1S/C14H22ClN3O/c1-9-5-6-17-12(15)11(9)18-13(19)10(8-16)7-14(2,3)4/h5-6,10H,7-8,16H2,1-4H3,(H,18,19). The maximum atomic E-state index is 12.2. The maximum absolute atomic E-state index is 12.2. The van der Waals surface area contributed by atoms with Crippen molar-refractivity contribution in [2.45, 2.75) is 34.1 Å².